The van der Waals surface area contributed by atoms with Crippen LogP contribution >= 0.6 is 15.9 Å². The summed E-state index contributed by atoms with van der Waals surface area (Å²) in [7, 11) is 0. The predicted octanol–water partition coefficient (Wildman–Crippen LogP) is 4.89. The fraction of sp³-hybridized carbons (Fsp3) is 0.200. The van der Waals surface area contributed by atoms with Crippen molar-refractivity contribution in [2.24, 2.45) is 0 Å². The van der Waals surface area contributed by atoms with Gasteiger partial charge >= 0.3 is 0 Å². The van der Waals surface area contributed by atoms with Crippen LogP contribution in [0.1, 0.15) is 18.9 Å². The van der Waals surface area contributed by atoms with Gasteiger partial charge in [0.1, 0.15) is 0 Å². The second kappa shape index (κ2) is 3.36. The van der Waals surface area contributed by atoms with Crippen LogP contribution in [0.15, 0.2) is 46.9 Å². The minimum absolute atomic E-state index is 0.721. The third-order valence-corrected chi connectivity index (χ3v) is 4.08. The lowest BCUT2D eigenvalue weighted by Crippen LogP contribution is -1.92. The first-order valence-electron chi connectivity index (χ1n) is 6.03. The minimum atomic E-state index is 0.721. The molecule has 3 aromatic rings. The Morgan fingerprint density at radius 2 is 1.71 bits per heavy atom. The SMILES string of the molecule is Brc1ccc2c(c1)c1ccccc1n2C1CC1. The molecule has 84 valence electrons. The number of halogens is 1. The van der Waals surface area contributed by atoms with Crippen molar-refractivity contribution in [3.8, 4) is 0 Å². The van der Waals surface area contributed by atoms with Crippen molar-refractivity contribution < 1.29 is 0 Å². The first-order valence-corrected chi connectivity index (χ1v) is 6.82. The number of hydrogen-bond donors (Lipinski definition) is 0. The third-order valence-electron chi connectivity index (χ3n) is 3.58. The average Bonchev–Trinajstić information content (AvgIpc) is 3.12. The van der Waals surface area contributed by atoms with E-state index in [1.165, 1.54) is 34.6 Å². The zero-order valence-electron chi connectivity index (χ0n) is 9.36. The first kappa shape index (κ1) is 9.72. The molecule has 4 rings (SSSR count). The Hall–Kier alpha value is -1.28. The molecule has 17 heavy (non-hydrogen) atoms. The summed E-state index contributed by atoms with van der Waals surface area (Å²) in [6.45, 7) is 0. The van der Waals surface area contributed by atoms with Gasteiger partial charge in [-0.1, -0.05) is 34.1 Å². The third kappa shape index (κ3) is 1.37. The molecule has 1 heterocycles. The lowest BCUT2D eigenvalue weighted by molar-refractivity contribution is 0.805. The molecule has 0 aliphatic heterocycles. The van der Waals surface area contributed by atoms with E-state index < -0.39 is 0 Å². The summed E-state index contributed by atoms with van der Waals surface area (Å²) in [5.41, 5.74) is 2.75. The van der Waals surface area contributed by atoms with Gasteiger partial charge < -0.3 is 4.57 Å². The zero-order valence-corrected chi connectivity index (χ0v) is 10.9. The normalized spacial score (nSPS) is 15.8. The summed E-state index contributed by atoms with van der Waals surface area (Å²) in [6.07, 6.45) is 2.65. The number of fused-ring (bicyclic) bond motifs is 3. The molecular formula is C15H12BrN. The molecule has 0 amide bonds. The molecule has 1 aromatic heterocycles. The molecule has 0 radical (unpaired) electrons. The van der Waals surface area contributed by atoms with E-state index in [1.807, 2.05) is 0 Å². The van der Waals surface area contributed by atoms with Gasteiger partial charge in [-0.25, -0.2) is 0 Å². The van der Waals surface area contributed by atoms with Crippen LogP contribution in [0, 0.1) is 0 Å². The standard InChI is InChI=1S/C15H12BrN/c16-10-5-8-15-13(9-10)12-3-1-2-4-14(12)17(15)11-6-7-11/h1-5,8-9,11H,6-7H2. The van der Waals surface area contributed by atoms with E-state index in [0.29, 0.717) is 0 Å². The molecule has 0 saturated heterocycles. The van der Waals surface area contributed by atoms with E-state index >= 15 is 0 Å². The Morgan fingerprint density at radius 1 is 0.941 bits per heavy atom. The smallest absolute Gasteiger partial charge is 0.0494 e. The van der Waals surface area contributed by atoms with Crippen LogP contribution in [0.5, 0.6) is 0 Å². The van der Waals surface area contributed by atoms with Gasteiger partial charge in [-0.15, -0.1) is 0 Å². The number of aromatic nitrogens is 1. The molecule has 1 aliphatic rings. The van der Waals surface area contributed by atoms with Crippen LogP contribution in [0.4, 0.5) is 0 Å². The second-order valence-corrected chi connectivity index (χ2v) is 5.70. The van der Waals surface area contributed by atoms with Gasteiger partial charge in [-0.2, -0.15) is 0 Å². The number of hydrogen-bond acceptors (Lipinski definition) is 0. The number of nitrogens with zero attached hydrogens (tertiary/aromatic N) is 1. The highest BCUT2D eigenvalue weighted by Crippen LogP contribution is 2.42. The summed E-state index contributed by atoms with van der Waals surface area (Å²) in [4.78, 5) is 0. The molecule has 2 aromatic carbocycles. The Balaban J connectivity index is 2.24. The van der Waals surface area contributed by atoms with Gasteiger partial charge in [0.15, 0.2) is 0 Å². The highest BCUT2D eigenvalue weighted by molar-refractivity contribution is 9.10. The predicted molar refractivity (Wildman–Crippen MR) is 75.4 cm³/mol. The molecule has 0 bridgehead atoms. The van der Waals surface area contributed by atoms with Crippen LogP contribution in [-0.2, 0) is 0 Å². The molecule has 0 atom stereocenters. The molecule has 0 N–H and O–H groups in total. The number of benzene rings is 2. The molecule has 1 fully saturated rings. The van der Waals surface area contributed by atoms with Crippen molar-refractivity contribution in [3.05, 3.63) is 46.9 Å². The summed E-state index contributed by atoms with van der Waals surface area (Å²) >= 11 is 3.57. The highest BCUT2D eigenvalue weighted by Gasteiger charge is 2.26. The fourth-order valence-corrected chi connectivity index (χ4v) is 3.06. The summed E-state index contributed by atoms with van der Waals surface area (Å²) in [6, 6.07) is 16.0. The fourth-order valence-electron chi connectivity index (χ4n) is 2.70. The summed E-state index contributed by atoms with van der Waals surface area (Å²) < 4.78 is 3.67. The Morgan fingerprint density at radius 3 is 2.53 bits per heavy atom. The van der Waals surface area contributed by atoms with Gasteiger partial charge in [0.05, 0.1) is 0 Å². The maximum atomic E-state index is 3.57. The van der Waals surface area contributed by atoms with E-state index in [9.17, 15) is 0 Å². The molecule has 0 unspecified atom stereocenters. The summed E-state index contributed by atoms with van der Waals surface area (Å²) in [5, 5.41) is 2.73. The van der Waals surface area contributed by atoms with Gasteiger partial charge in [-0.3, -0.25) is 0 Å². The highest BCUT2D eigenvalue weighted by atomic mass is 79.9. The average molecular weight is 286 g/mol. The number of rotatable bonds is 1. The summed E-state index contributed by atoms with van der Waals surface area (Å²) in [5.74, 6) is 0. The van der Waals surface area contributed by atoms with Gasteiger partial charge in [-0.05, 0) is 37.1 Å². The van der Waals surface area contributed by atoms with E-state index in [4.69, 9.17) is 0 Å². The monoisotopic (exact) mass is 285 g/mol. The van der Waals surface area contributed by atoms with Crippen molar-refractivity contribution in [1.29, 1.82) is 0 Å². The van der Waals surface area contributed by atoms with Gasteiger partial charge in [0, 0.05) is 32.3 Å². The van der Waals surface area contributed by atoms with Crippen LogP contribution < -0.4 is 0 Å². The van der Waals surface area contributed by atoms with Crippen molar-refractivity contribution in [2.75, 3.05) is 0 Å². The second-order valence-electron chi connectivity index (χ2n) is 4.78. The van der Waals surface area contributed by atoms with E-state index in [0.717, 1.165) is 10.5 Å². The molecule has 1 aliphatic carbocycles. The van der Waals surface area contributed by atoms with Crippen molar-refractivity contribution in [3.63, 3.8) is 0 Å². The van der Waals surface area contributed by atoms with Crippen LogP contribution in [0.2, 0.25) is 0 Å². The quantitative estimate of drug-likeness (QED) is 0.600. The van der Waals surface area contributed by atoms with Gasteiger partial charge in [0.2, 0.25) is 0 Å². The molecule has 0 spiro atoms. The van der Waals surface area contributed by atoms with Crippen LogP contribution in [-0.4, -0.2) is 4.57 Å². The van der Waals surface area contributed by atoms with E-state index in [2.05, 4.69) is 63.0 Å². The molecule has 1 saturated carbocycles. The largest absolute Gasteiger partial charge is 0.337 e. The maximum absolute atomic E-state index is 3.57. The van der Waals surface area contributed by atoms with Crippen molar-refractivity contribution in [2.45, 2.75) is 18.9 Å². The maximum Gasteiger partial charge on any atom is 0.0494 e. The number of para-hydroxylation sites is 1. The first-order chi connectivity index (χ1) is 8.34. The Labute approximate surface area is 108 Å². The Kier molecular flexibility index (Phi) is 1.92. The van der Waals surface area contributed by atoms with Crippen LogP contribution in [0.3, 0.4) is 0 Å². The molecule has 2 heteroatoms. The lowest BCUT2D eigenvalue weighted by Gasteiger charge is -2.04. The van der Waals surface area contributed by atoms with E-state index in [-0.39, 0.29) is 0 Å². The van der Waals surface area contributed by atoms with Crippen molar-refractivity contribution in [1.82, 2.24) is 4.57 Å². The lowest BCUT2D eigenvalue weighted by atomic mass is 10.2. The Bertz CT molecular complexity index is 722. The van der Waals surface area contributed by atoms with E-state index in [1.54, 1.807) is 0 Å². The topological polar surface area (TPSA) is 4.93 Å². The minimum Gasteiger partial charge on any atom is -0.337 e. The zero-order chi connectivity index (χ0) is 11.4. The van der Waals surface area contributed by atoms with Crippen LogP contribution in [0.25, 0.3) is 21.8 Å². The van der Waals surface area contributed by atoms with Gasteiger partial charge in [0.25, 0.3) is 0 Å². The molecular weight excluding hydrogens is 274 g/mol. The van der Waals surface area contributed by atoms with Crippen molar-refractivity contribution >= 4 is 37.7 Å². The molecule has 1 nitrogen and oxygen atoms in total.